The van der Waals surface area contributed by atoms with Gasteiger partial charge < -0.3 is 9.47 Å². The number of ether oxygens (including phenoxy) is 2. The second-order valence-corrected chi connectivity index (χ2v) is 8.66. The molecule has 0 fully saturated rings. The van der Waals surface area contributed by atoms with Gasteiger partial charge >= 0.3 is 11.9 Å². The SMILES string of the molecule is C=CCOC(=O)C1=C(C)N=c2s/c(=C/c3ccccc3F)c(=O)n2[C@H]1c1ccc(OC(C)=O)cc1. The van der Waals surface area contributed by atoms with Crippen LogP contribution in [-0.4, -0.2) is 23.1 Å². The van der Waals surface area contributed by atoms with E-state index in [-0.39, 0.29) is 22.3 Å². The fraction of sp³-hybridized carbons (Fsp3) is 0.154. The maximum atomic E-state index is 14.2. The summed E-state index contributed by atoms with van der Waals surface area (Å²) in [5.74, 6) is -1.24. The zero-order valence-corrected chi connectivity index (χ0v) is 19.8. The van der Waals surface area contributed by atoms with E-state index in [1.807, 2.05) is 0 Å². The third-order valence-electron chi connectivity index (χ3n) is 5.22. The van der Waals surface area contributed by atoms with E-state index in [0.29, 0.717) is 21.8 Å². The second-order valence-electron chi connectivity index (χ2n) is 7.65. The fourth-order valence-electron chi connectivity index (χ4n) is 3.73. The lowest BCUT2D eigenvalue weighted by molar-refractivity contribution is -0.138. The monoisotopic (exact) mass is 492 g/mol. The first kappa shape index (κ1) is 24.0. The van der Waals surface area contributed by atoms with Crippen molar-refractivity contribution in [3.8, 4) is 5.75 Å². The van der Waals surface area contributed by atoms with Crippen LogP contribution < -0.4 is 19.6 Å². The molecule has 2 heterocycles. The summed E-state index contributed by atoms with van der Waals surface area (Å²) < 4.78 is 26.3. The van der Waals surface area contributed by atoms with Crippen molar-refractivity contribution in [3.05, 3.63) is 109 Å². The third kappa shape index (κ3) is 4.90. The molecular weight excluding hydrogens is 471 g/mol. The van der Waals surface area contributed by atoms with Gasteiger partial charge in [0.1, 0.15) is 18.2 Å². The van der Waals surface area contributed by atoms with Gasteiger partial charge in [0.05, 0.1) is 21.8 Å². The predicted octanol–water partition coefficient (Wildman–Crippen LogP) is 3.03. The van der Waals surface area contributed by atoms with Gasteiger partial charge in [-0.05, 0) is 36.8 Å². The van der Waals surface area contributed by atoms with Crippen LogP contribution in [0.5, 0.6) is 5.75 Å². The summed E-state index contributed by atoms with van der Waals surface area (Å²) in [4.78, 5) is 42.6. The molecule has 178 valence electrons. The predicted molar refractivity (Wildman–Crippen MR) is 129 cm³/mol. The minimum atomic E-state index is -0.849. The fourth-order valence-corrected chi connectivity index (χ4v) is 4.77. The number of carbonyl (C=O) groups is 2. The summed E-state index contributed by atoms with van der Waals surface area (Å²) in [6.45, 7) is 6.51. The zero-order valence-electron chi connectivity index (χ0n) is 19.0. The molecule has 3 aromatic rings. The van der Waals surface area contributed by atoms with Crippen LogP contribution >= 0.6 is 11.3 Å². The molecule has 7 nitrogen and oxygen atoms in total. The number of thiazole rings is 1. The van der Waals surface area contributed by atoms with Gasteiger partial charge in [-0.1, -0.05) is 54.3 Å². The van der Waals surface area contributed by atoms with Gasteiger partial charge in [0.15, 0.2) is 4.80 Å². The van der Waals surface area contributed by atoms with E-state index < -0.39 is 29.4 Å². The molecule has 0 N–H and O–H groups in total. The number of hydrogen-bond donors (Lipinski definition) is 0. The quantitative estimate of drug-likeness (QED) is 0.300. The summed E-state index contributed by atoms with van der Waals surface area (Å²) in [5.41, 5.74) is 1.01. The highest BCUT2D eigenvalue weighted by molar-refractivity contribution is 7.07. The van der Waals surface area contributed by atoms with Gasteiger partial charge in [0.2, 0.25) is 0 Å². The highest BCUT2D eigenvalue weighted by Gasteiger charge is 2.33. The average molecular weight is 493 g/mol. The molecule has 0 saturated carbocycles. The maximum absolute atomic E-state index is 14.2. The summed E-state index contributed by atoms with van der Waals surface area (Å²) in [6.07, 6.45) is 2.91. The number of esters is 2. The van der Waals surface area contributed by atoms with Crippen molar-refractivity contribution in [3.63, 3.8) is 0 Å². The lowest BCUT2D eigenvalue weighted by Gasteiger charge is -2.24. The van der Waals surface area contributed by atoms with Crippen LogP contribution in [0.15, 0.2) is 82.2 Å². The highest BCUT2D eigenvalue weighted by Crippen LogP contribution is 2.31. The third-order valence-corrected chi connectivity index (χ3v) is 6.21. The number of carbonyl (C=O) groups excluding carboxylic acids is 2. The first-order valence-corrected chi connectivity index (χ1v) is 11.4. The van der Waals surface area contributed by atoms with Gasteiger partial charge in [0.25, 0.3) is 5.56 Å². The molecule has 35 heavy (non-hydrogen) atoms. The van der Waals surface area contributed by atoms with E-state index >= 15 is 0 Å². The van der Waals surface area contributed by atoms with E-state index in [1.54, 1.807) is 49.4 Å². The lowest BCUT2D eigenvalue weighted by atomic mass is 9.96. The minimum Gasteiger partial charge on any atom is -0.458 e. The van der Waals surface area contributed by atoms with Crippen molar-refractivity contribution < 1.29 is 23.5 Å². The Hall–Kier alpha value is -4.11. The van der Waals surface area contributed by atoms with Crippen LogP contribution in [0, 0.1) is 5.82 Å². The molecule has 1 aliphatic rings. The van der Waals surface area contributed by atoms with Crippen molar-refractivity contribution in [1.29, 1.82) is 0 Å². The lowest BCUT2D eigenvalue weighted by Crippen LogP contribution is -2.40. The second kappa shape index (κ2) is 10.0. The van der Waals surface area contributed by atoms with E-state index in [0.717, 1.165) is 11.3 Å². The van der Waals surface area contributed by atoms with Crippen LogP contribution in [0.1, 0.15) is 31.0 Å². The Bertz CT molecular complexity index is 1530. The Morgan fingerprint density at radius 1 is 1.20 bits per heavy atom. The number of nitrogens with zero attached hydrogens (tertiary/aromatic N) is 2. The molecule has 2 aromatic carbocycles. The number of rotatable bonds is 6. The van der Waals surface area contributed by atoms with Crippen molar-refractivity contribution >= 4 is 29.4 Å². The van der Waals surface area contributed by atoms with Crippen molar-refractivity contribution in [1.82, 2.24) is 4.57 Å². The average Bonchev–Trinajstić information content (AvgIpc) is 3.12. The molecule has 9 heteroatoms. The summed E-state index contributed by atoms with van der Waals surface area (Å²) >= 11 is 1.10. The number of benzene rings is 2. The van der Waals surface area contributed by atoms with Gasteiger partial charge in [-0.3, -0.25) is 14.2 Å². The largest absolute Gasteiger partial charge is 0.458 e. The van der Waals surface area contributed by atoms with E-state index in [2.05, 4.69) is 11.6 Å². The topological polar surface area (TPSA) is 87.0 Å². The standard InChI is InChI=1S/C26H21FN2O5S/c1-4-13-33-25(32)22-15(2)28-26-29(23(22)17-9-11-19(12-10-17)34-16(3)30)24(31)21(35-26)14-18-7-5-6-8-20(18)27/h4-12,14,23H,1,13H2,2-3H3/b21-14+/t23-/m0/s1. The Kier molecular flexibility index (Phi) is 6.88. The first-order chi connectivity index (χ1) is 16.8. The molecule has 1 atom stereocenters. The number of allylic oxidation sites excluding steroid dienone is 1. The number of halogens is 1. The molecule has 0 unspecified atom stereocenters. The Labute approximate surface area is 203 Å². The van der Waals surface area contributed by atoms with Gasteiger partial charge in [-0.2, -0.15) is 0 Å². The number of aromatic nitrogens is 1. The van der Waals surface area contributed by atoms with Crippen LogP contribution in [-0.2, 0) is 14.3 Å². The van der Waals surface area contributed by atoms with Gasteiger partial charge in [0, 0.05) is 12.5 Å². The first-order valence-electron chi connectivity index (χ1n) is 10.6. The highest BCUT2D eigenvalue weighted by atomic mass is 32.1. The van der Waals surface area contributed by atoms with Crippen LogP contribution in [0.25, 0.3) is 6.08 Å². The molecule has 0 amide bonds. The minimum absolute atomic E-state index is 0.00850. The smallest absolute Gasteiger partial charge is 0.338 e. The van der Waals surface area contributed by atoms with Crippen LogP contribution in [0.4, 0.5) is 4.39 Å². The van der Waals surface area contributed by atoms with Crippen LogP contribution in [0.3, 0.4) is 0 Å². The molecular formula is C26H21FN2O5S. The molecule has 0 spiro atoms. The van der Waals surface area contributed by atoms with E-state index in [1.165, 1.54) is 29.7 Å². The van der Waals surface area contributed by atoms with Crippen molar-refractivity contribution in [2.24, 2.45) is 4.99 Å². The Morgan fingerprint density at radius 2 is 1.91 bits per heavy atom. The Balaban J connectivity index is 1.91. The van der Waals surface area contributed by atoms with Crippen molar-refractivity contribution in [2.75, 3.05) is 6.61 Å². The molecule has 0 aliphatic carbocycles. The molecule has 0 radical (unpaired) electrons. The molecule has 1 aromatic heterocycles. The molecule has 4 rings (SSSR count). The molecule has 0 saturated heterocycles. The van der Waals surface area contributed by atoms with E-state index in [9.17, 15) is 18.8 Å². The molecule has 0 bridgehead atoms. The van der Waals surface area contributed by atoms with Gasteiger partial charge in [-0.25, -0.2) is 14.2 Å². The molecule has 1 aliphatic heterocycles. The summed E-state index contributed by atoms with van der Waals surface area (Å²) in [6, 6.07) is 11.8. The zero-order chi connectivity index (χ0) is 25.1. The van der Waals surface area contributed by atoms with Gasteiger partial charge in [-0.15, -0.1) is 0 Å². The van der Waals surface area contributed by atoms with Crippen molar-refractivity contribution in [2.45, 2.75) is 19.9 Å². The summed E-state index contributed by atoms with van der Waals surface area (Å²) in [7, 11) is 0. The number of hydrogen-bond acceptors (Lipinski definition) is 7. The maximum Gasteiger partial charge on any atom is 0.338 e. The number of fused-ring (bicyclic) bond motifs is 1. The normalized spacial score (nSPS) is 15.3. The van der Waals surface area contributed by atoms with E-state index in [4.69, 9.17) is 9.47 Å². The Morgan fingerprint density at radius 3 is 2.57 bits per heavy atom. The van der Waals surface area contributed by atoms with Crippen LogP contribution in [0.2, 0.25) is 0 Å². The summed E-state index contributed by atoms with van der Waals surface area (Å²) in [5, 5.41) is 0.